The summed E-state index contributed by atoms with van der Waals surface area (Å²) in [6.45, 7) is 6.75. The first-order chi connectivity index (χ1) is 14.2. The van der Waals surface area contributed by atoms with E-state index in [4.69, 9.17) is 4.74 Å². The monoisotopic (exact) mass is 428 g/mol. The standard InChI is InChI=1S/C22H24N2O5S/c1-4-29-18-7-5-15-9-10-23(13-17(15)11-18)21(25)16-6-8-19-20(12-16)30(27,28)24(14(2)3)22(19)26/h5-8,11-12,14H,4,9-10,13H2,1-3H3. The summed E-state index contributed by atoms with van der Waals surface area (Å²) in [6, 6.07) is 9.72. The molecule has 2 aliphatic heterocycles. The Bertz CT molecular complexity index is 1140. The van der Waals surface area contributed by atoms with E-state index >= 15 is 0 Å². The predicted octanol–water partition coefficient (Wildman–Crippen LogP) is 2.84. The second-order valence-corrected chi connectivity index (χ2v) is 9.53. The van der Waals surface area contributed by atoms with Gasteiger partial charge >= 0.3 is 0 Å². The third-order valence-electron chi connectivity index (χ3n) is 5.45. The van der Waals surface area contributed by atoms with Crippen LogP contribution in [0.4, 0.5) is 0 Å². The van der Waals surface area contributed by atoms with Gasteiger partial charge in [-0.25, -0.2) is 12.7 Å². The van der Waals surface area contributed by atoms with E-state index in [1.807, 2.05) is 25.1 Å². The van der Waals surface area contributed by atoms with Crippen LogP contribution in [0.15, 0.2) is 41.3 Å². The van der Waals surface area contributed by atoms with Crippen LogP contribution in [0, 0.1) is 0 Å². The number of carbonyl (C=O) groups is 2. The number of hydrogen-bond donors (Lipinski definition) is 0. The van der Waals surface area contributed by atoms with Crippen LogP contribution in [0.25, 0.3) is 0 Å². The molecule has 8 heteroatoms. The van der Waals surface area contributed by atoms with E-state index in [1.165, 1.54) is 23.8 Å². The van der Waals surface area contributed by atoms with Gasteiger partial charge < -0.3 is 9.64 Å². The van der Waals surface area contributed by atoms with E-state index in [1.54, 1.807) is 18.7 Å². The maximum Gasteiger partial charge on any atom is 0.269 e. The predicted molar refractivity (Wildman–Crippen MR) is 111 cm³/mol. The molecule has 0 radical (unpaired) electrons. The number of carbonyl (C=O) groups excluding carboxylic acids is 2. The van der Waals surface area contributed by atoms with Crippen molar-refractivity contribution in [3.05, 3.63) is 58.7 Å². The van der Waals surface area contributed by atoms with Gasteiger partial charge in [0.2, 0.25) is 0 Å². The number of benzene rings is 2. The van der Waals surface area contributed by atoms with Crippen LogP contribution in [0.5, 0.6) is 5.75 Å². The normalized spacial score (nSPS) is 17.1. The molecule has 0 fully saturated rings. The second kappa shape index (κ2) is 7.43. The summed E-state index contributed by atoms with van der Waals surface area (Å²) < 4.78 is 32.1. The average Bonchev–Trinajstić information content (AvgIpc) is 2.92. The largest absolute Gasteiger partial charge is 0.494 e. The molecule has 2 amide bonds. The Balaban J connectivity index is 1.63. The van der Waals surface area contributed by atoms with Crippen LogP contribution in [-0.2, 0) is 23.0 Å². The Morgan fingerprint density at radius 1 is 1.13 bits per heavy atom. The third kappa shape index (κ3) is 3.25. The minimum absolute atomic E-state index is 0.0944. The molecule has 4 rings (SSSR count). The molecule has 0 unspecified atom stereocenters. The molecule has 0 saturated carbocycles. The molecule has 2 aromatic rings. The minimum Gasteiger partial charge on any atom is -0.494 e. The summed E-state index contributed by atoms with van der Waals surface area (Å²) in [7, 11) is -3.95. The van der Waals surface area contributed by atoms with Gasteiger partial charge in [-0.3, -0.25) is 9.59 Å². The van der Waals surface area contributed by atoms with Crippen molar-refractivity contribution in [2.45, 2.75) is 44.7 Å². The van der Waals surface area contributed by atoms with Crippen molar-refractivity contribution in [2.24, 2.45) is 0 Å². The van der Waals surface area contributed by atoms with Gasteiger partial charge in [0.05, 0.1) is 12.2 Å². The first-order valence-electron chi connectivity index (χ1n) is 10.0. The summed E-state index contributed by atoms with van der Waals surface area (Å²) in [6.07, 6.45) is 0.719. The fraction of sp³-hybridized carbons (Fsp3) is 0.364. The van der Waals surface area contributed by atoms with Crippen LogP contribution < -0.4 is 4.74 Å². The van der Waals surface area contributed by atoms with Gasteiger partial charge in [0.1, 0.15) is 10.6 Å². The highest BCUT2D eigenvalue weighted by atomic mass is 32.2. The lowest BCUT2D eigenvalue weighted by Crippen LogP contribution is -2.36. The number of ether oxygens (including phenoxy) is 1. The molecule has 0 aromatic heterocycles. The molecule has 158 valence electrons. The van der Waals surface area contributed by atoms with E-state index in [9.17, 15) is 18.0 Å². The average molecular weight is 429 g/mol. The van der Waals surface area contributed by atoms with Crippen molar-refractivity contribution in [2.75, 3.05) is 13.2 Å². The molecular weight excluding hydrogens is 404 g/mol. The van der Waals surface area contributed by atoms with Gasteiger partial charge in [0.25, 0.3) is 21.8 Å². The zero-order valence-electron chi connectivity index (χ0n) is 17.2. The molecule has 0 aliphatic carbocycles. The molecule has 2 aromatic carbocycles. The maximum atomic E-state index is 13.1. The van der Waals surface area contributed by atoms with E-state index in [-0.39, 0.29) is 21.9 Å². The third-order valence-corrected chi connectivity index (χ3v) is 7.45. The Morgan fingerprint density at radius 2 is 1.90 bits per heavy atom. The van der Waals surface area contributed by atoms with E-state index in [0.29, 0.717) is 19.7 Å². The fourth-order valence-corrected chi connectivity index (χ4v) is 5.83. The Labute approximate surface area is 176 Å². The molecule has 0 N–H and O–H groups in total. The number of sulfonamides is 1. The van der Waals surface area contributed by atoms with Crippen molar-refractivity contribution in [1.82, 2.24) is 9.21 Å². The summed E-state index contributed by atoms with van der Waals surface area (Å²) in [5.41, 5.74) is 2.58. The topological polar surface area (TPSA) is 84.0 Å². The Morgan fingerprint density at radius 3 is 2.60 bits per heavy atom. The minimum atomic E-state index is -3.95. The zero-order chi connectivity index (χ0) is 21.6. The lowest BCUT2D eigenvalue weighted by Gasteiger charge is -2.29. The highest BCUT2D eigenvalue weighted by Gasteiger charge is 2.43. The zero-order valence-corrected chi connectivity index (χ0v) is 18.0. The summed E-state index contributed by atoms with van der Waals surface area (Å²) in [4.78, 5) is 27.2. The molecule has 30 heavy (non-hydrogen) atoms. The fourth-order valence-electron chi connectivity index (χ4n) is 4.04. The van der Waals surface area contributed by atoms with Gasteiger partial charge in [-0.2, -0.15) is 0 Å². The van der Waals surface area contributed by atoms with Crippen LogP contribution in [0.3, 0.4) is 0 Å². The first kappa shape index (κ1) is 20.4. The quantitative estimate of drug-likeness (QED) is 0.748. The van der Waals surface area contributed by atoms with Crippen molar-refractivity contribution in [3.8, 4) is 5.75 Å². The molecule has 0 spiro atoms. The van der Waals surface area contributed by atoms with Crippen molar-refractivity contribution < 1.29 is 22.7 Å². The van der Waals surface area contributed by atoms with Crippen LogP contribution in [0.2, 0.25) is 0 Å². The summed E-state index contributed by atoms with van der Waals surface area (Å²) >= 11 is 0. The highest BCUT2D eigenvalue weighted by Crippen LogP contribution is 2.33. The molecule has 2 heterocycles. The smallest absolute Gasteiger partial charge is 0.269 e. The lowest BCUT2D eigenvalue weighted by molar-refractivity contribution is 0.0733. The van der Waals surface area contributed by atoms with Gasteiger partial charge in [0, 0.05) is 24.7 Å². The van der Waals surface area contributed by atoms with Crippen LogP contribution in [0.1, 0.15) is 52.6 Å². The molecular formula is C22H24N2O5S. The van der Waals surface area contributed by atoms with Gasteiger partial charge in [-0.15, -0.1) is 0 Å². The highest BCUT2D eigenvalue weighted by molar-refractivity contribution is 7.90. The number of nitrogens with zero attached hydrogens (tertiary/aromatic N) is 2. The molecule has 0 atom stereocenters. The molecule has 0 saturated heterocycles. The summed E-state index contributed by atoms with van der Waals surface area (Å²) in [5, 5.41) is 0. The lowest BCUT2D eigenvalue weighted by atomic mass is 9.98. The van der Waals surface area contributed by atoms with Crippen molar-refractivity contribution in [3.63, 3.8) is 0 Å². The molecule has 2 aliphatic rings. The Kier molecular flexibility index (Phi) is 5.05. The number of amides is 2. The van der Waals surface area contributed by atoms with Crippen molar-refractivity contribution >= 4 is 21.8 Å². The van der Waals surface area contributed by atoms with Gasteiger partial charge in [-0.1, -0.05) is 6.07 Å². The second-order valence-electron chi connectivity index (χ2n) is 7.75. The Hall–Kier alpha value is -2.87. The van der Waals surface area contributed by atoms with E-state index in [2.05, 4.69) is 0 Å². The molecule has 7 nitrogen and oxygen atoms in total. The van der Waals surface area contributed by atoms with Gasteiger partial charge in [0.15, 0.2) is 0 Å². The SMILES string of the molecule is CCOc1ccc2c(c1)CN(C(=O)c1ccc3c(c1)S(=O)(=O)N(C(C)C)C3=O)CC2. The number of fused-ring (bicyclic) bond motifs is 2. The summed E-state index contributed by atoms with van der Waals surface area (Å²) in [5.74, 6) is -0.0354. The number of hydrogen-bond acceptors (Lipinski definition) is 5. The molecule has 0 bridgehead atoms. The first-order valence-corrected chi connectivity index (χ1v) is 11.4. The van der Waals surface area contributed by atoms with E-state index < -0.39 is 22.0 Å². The maximum absolute atomic E-state index is 13.1. The number of rotatable bonds is 4. The van der Waals surface area contributed by atoms with Crippen LogP contribution in [-0.4, -0.2) is 48.6 Å². The van der Waals surface area contributed by atoms with Crippen molar-refractivity contribution in [1.29, 1.82) is 0 Å². The van der Waals surface area contributed by atoms with Crippen LogP contribution >= 0.6 is 0 Å². The van der Waals surface area contributed by atoms with E-state index in [0.717, 1.165) is 22.0 Å². The van der Waals surface area contributed by atoms with Gasteiger partial charge in [-0.05, 0) is 68.7 Å².